The monoisotopic (exact) mass is 195 g/mol. The van der Waals surface area contributed by atoms with E-state index in [0.717, 1.165) is 5.56 Å². The second kappa shape index (κ2) is 3.38. The minimum Gasteiger partial charge on any atom is -0.441 e. The highest BCUT2D eigenvalue weighted by atomic mass is 19.1. The van der Waals surface area contributed by atoms with Crippen LogP contribution < -0.4 is 5.32 Å². The van der Waals surface area contributed by atoms with Crippen LogP contribution in [0, 0.1) is 12.7 Å². The zero-order valence-corrected chi connectivity index (χ0v) is 7.71. The number of nitrogens with one attached hydrogen (secondary N) is 1. The van der Waals surface area contributed by atoms with Crippen molar-refractivity contribution in [2.45, 2.75) is 13.2 Å². The highest BCUT2D eigenvalue weighted by Crippen LogP contribution is 2.24. The second-order valence-corrected chi connectivity index (χ2v) is 3.22. The molecule has 1 saturated heterocycles. The first-order valence-corrected chi connectivity index (χ1v) is 4.36. The predicted octanol–water partition coefficient (Wildman–Crippen LogP) is 1.28. The number of hydrogen-bond acceptors (Lipinski definition) is 3. The van der Waals surface area contributed by atoms with E-state index in [2.05, 4.69) is 5.32 Å². The molecule has 1 fully saturated rings. The summed E-state index contributed by atoms with van der Waals surface area (Å²) in [4.78, 5) is 10.8. The first kappa shape index (κ1) is 9.15. The third kappa shape index (κ3) is 1.48. The first-order valence-electron chi connectivity index (χ1n) is 4.36. The summed E-state index contributed by atoms with van der Waals surface area (Å²) in [7, 11) is 0. The van der Waals surface area contributed by atoms with Crippen LogP contribution in [0.5, 0.6) is 0 Å². The van der Waals surface area contributed by atoms with Crippen molar-refractivity contribution in [1.29, 1.82) is 0 Å². The SMILES string of the molecule is Cc1cccc(F)c1C1NCC(=O)O1. The van der Waals surface area contributed by atoms with Crippen LogP contribution in [0.25, 0.3) is 0 Å². The maximum Gasteiger partial charge on any atom is 0.321 e. The van der Waals surface area contributed by atoms with Gasteiger partial charge in [-0.1, -0.05) is 12.1 Å². The zero-order valence-electron chi connectivity index (χ0n) is 7.71. The van der Waals surface area contributed by atoms with Crippen molar-refractivity contribution >= 4 is 5.97 Å². The average molecular weight is 195 g/mol. The summed E-state index contributed by atoms with van der Waals surface area (Å²) in [5.41, 5.74) is 1.19. The van der Waals surface area contributed by atoms with Gasteiger partial charge < -0.3 is 4.74 Å². The molecular formula is C10H10FNO2. The Balaban J connectivity index is 2.36. The van der Waals surface area contributed by atoms with Gasteiger partial charge in [0.2, 0.25) is 0 Å². The topological polar surface area (TPSA) is 38.3 Å². The summed E-state index contributed by atoms with van der Waals surface area (Å²) >= 11 is 0. The number of ether oxygens (including phenoxy) is 1. The summed E-state index contributed by atoms with van der Waals surface area (Å²) < 4.78 is 18.3. The maximum atomic E-state index is 13.4. The molecule has 0 spiro atoms. The first-order chi connectivity index (χ1) is 6.68. The molecule has 1 aliphatic heterocycles. The Morgan fingerprint density at radius 1 is 1.57 bits per heavy atom. The molecule has 0 aliphatic carbocycles. The highest BCUT2D eigenvalue weighted by Gasteiger charge is 2.27. The van der Waals surface area contributed by atoms with E-state index in [-0.39, 0.29) is 18.3 Å². The molecule has 74 valence electrons. The molecule has 1 heterocycles. The van der Waals surface area contributed by atoms with Crippen molar-refractivity contribution in [3.63, 3.8) is 0 Å². The van der Waals surface area contributed by atoms with Gasteiger partial charge in [-0.25, -0.2) is 4.39 Å². The second-order valence-electron chi connectivity index (χ2n) is 3.22. The molecule has 0 aromatic heterocycles. The van der Waals surface area contributed by atoms with Crippen molar-refractivity contribution in [2.24, 2.45) is 0 Å². The molecule has 4 heteroatoms. The lowest BCUT2D eigenvalue weighted by Crippen LogP contribution is -2.16. The van der Waals surface area contributed by atoms with Crippen molar-refractivity contribution in [3.8, 4) is 0 Å². The van der Waals surface area contributed by atoms with Crippen molar-refractivity contribution in [3.05, 3.63) is 35.1 Å². The fraction of sp³-hybridized carbons (Fsp3) is 0.300. The van der Waals surface area contributed by atoms with E-state index in [1.54, 1.807) is 19.1 Å². The van der Waals surface area contributed by atoms with Gasteiger partial charge in [0, 0.05) is 5.56 Å². The van der Waals surface area contributed by atoms with Crippen LogP contribution in [-0.4, -0.2) is 12.5 Å². The average Bonchev–Trinajstić information content (AvgIpc) is 2.51. The van der Waals surface area contributed by atoms with Gasteiger partial charge in [0.05, 0.1) is 6.54 Å². The molecule has 14 heavy (non-hydrogen) atoms. The van der Waals surface area contributed by atoms with E-state index >= 15 is 0 Å². The molecule has 0 amide bonds. The molecule has 0 saturated carbocycles. The third-order valence-electron chi connectivity index (χ3n) is 2.21. The third-order valence-corrected chi connectivity index (χ3v) is 2.21. The lowest BCUT2D eigenvalue weighted by molar-refractivity contribution is -0.140. The number of hydrogen-bond donors (Lipinski definition) is 1. The Kier molecular flexibility index (Phi) is 2.21. The van der Waals surface area contributed by atoms with E-state index in [1.807, 2.05) is 0 Å². The van der Waals surface area contributed by atoms with Gasteiger partial charge in [-0.2, -0.15) is 0 Å². The van der Waals surface area contributed by atoms with Crippen molar-refractivity contribution in [2.75, 3.05) is 6.54 Å². The number of carbonyl (C=O) groups is 1. The van der Waals surface area contributed by atoms with Crippen LogP contribution in [0.3, 0.4) is 0 Å². The number of halogens is 1. The summed E-state index contributed by atoms with van der Waals surface area (Å²) in [6.07, 6.45) is -0.635. The van der Waals surface area contributed by atoms with Crippen LogP contribution in [0.1, 0.15) is 17.4 Å². The van der Waals surface area contributed by atoms with Gasteiger partial charge in [0.25, 0.3) is 0 Å². The zero-order chi connectivity index (χ0) is 10.1. The smallest absolute Gasteiger partial charge is 0.321 e. The Hall–Kier alpha value is -1.42. The standard InChI is InChI=1S/C10H10FNO2/c1-6-3-2-4-7(11)9(6)10-12-5-8(13)14-10/h2-4,10,12H,5H2,1H3. The van der Waals surface area contributed by atoms with Crippen LogP contribution >= 0.6 is 0 Å². The molecule has 1 unspecified atom stereocenters. The summed E-state index contributed by atoms with van der Waals surface area (Å²) in [6.45, 7) is 1.92. The van der Waals surface area contributed by atoms with E-state index in [9.17, 15) is 9.18 Å². The quantitative estimate of drug-likeness (QED) is 0.686. The molecule has 1 aliphatic rings. The number of benzene rings is 1. The van der Waals surface area contributed by atoms with E-state index in [4.69, 9.17) is 4.74 Å². The van der Waals surface area contributed by atoms with Crippen molar-refractivity contribution in [1.82, 2.24) is 5.32 Å². The van der Waals surface area contributed by atoms with Gasteiger partial charge >= 0.3 is 5.97 Å². The number of cyclic esters (lactones) is 1. The van der Waals surface area contributed by atoms with E-state index in [1.165, 1.54) is 6.07 Å². The van der Waals surface area contributed by atoms with E-state index < -0.39 is 6.23 Å². The number of carbonyl (C=O) groups excluding carboxylic acids is 1. The molecule has 2 rings (SSSR count). The summed E-state index contributed by atoms with van der Waals surface area (Å²) in [5.74, 6) is -0.699. The fourth-order valence-corrected chi connectivity index (χ4v) is 1.53. The Morgan fingerprint density at radius 2 is 2.36 bits per heavy atom. The van der Waals surface area contributed by atoms with Gasteiger partial charge in [-0.05, 0) is 18.6 Å². The number of esters is 1. The van der Waals surface area contributed by atoms with E-state index in [0.29, 0.717) is 5.56 Å². The predicted molar refractivity (Wildman–Crippen MR) is 48.0 cm³/mol. The van der Waals surface area contributed by atoms with Crippen LogP contribution in [0.15, 0.2) is 18.2 Å². The number of rotatable bonds is 1. The molecule has 1 aromatic carbocycles. The molecule has 1 atom stereocenters. The van der Waals surface area contributed by atoms with Crippen LogP contribution in [-0.2, 0) is 9.53 Å². The molecular weight excluding hydrogens is 185 g/mol. The van der Waals surface area contributed by atoms with Gasteiger partial charge in [0.15, 0.2) is 6.23 Å². The minimum atomic E-state index is -0.635. The van der Waals surface area contributed by atoms with Gasteiger partial charge in [-0.15, -0.1) is 0 Å². The normalized spacial score (nSPS) is 21.0. The number of aryl methyl sites for hydroxylation is 1. The van der Waals surface area contributed by atoms with Crippen LogP contribution in [0.2, 0.25) is 0 Å². The minimum absolute atomic E-state index is 0.137. The maximum absolute atomic E-state index is 13.4. The lowest BCUT2D eigenvalue weighted by atomic mass is 10.1. The van der Waals surface area contributed by atoms with Crippen LogP contribution in [0.4, 0.5) is 4.39 Å². The molecule has 1 N–H and O–H groups in total. The Labute approximate surface area is 80.9 Å². The summed E-state index contributed by atoms with van der Waals surface area (Å²) in [6, 6.07) is 4.77. The van der Waals surface area contributed by atoms with Gasteiger partial charge in [0.1, 0.15) is 5.82 Å². The Morgan fingerprint density at radius 3 is 2.93 bits per heavy atom. The summed E-state index contributed by atoms with van der Waals surface area (Å²) in [5, 5.41) is 2.79. The van der Waals surface area contributed by atoms with Gasteiger partial charge in [-0.3, -0.25) is 10.1 Å². The highest BCUT2D eigenvalue weighted by molar-refractivity contribution is 5.73. The molecule has 3 nitrogen and oxygen atoms in total. The molecule has 0 bridgehead atoms. The Bertz CT molecular complexity index is 358. The lowest BCUT2D eigenvalue weighted by Gasteiger charge is -2.13. The van der Waals surface area contributed by atoms with Crippen molar-refractivity contribution < 1.29 is 13.9 Å². The molecule has 1 aromatic rings. The fourth-order valence-electron chi connectivity index (χ4n) is 1.53. The largest absolute Gasteiger partial charge is 0.441 e. The molecule has 0 radical (unpaired) electrons.